The normalized spacial score (nSPS) is 10.3. The highest BCUT2D eigenvalue weighted by Crippen LogP contribution is 2.28. The van der Waals surface area contributed by atoms with Crippen LogP contribution in [0.4, 0.5) is 11.5 Å². The molecule has 2 N–H and O–H groups in total. The van der Waals surface area contributed by atoms with Crippen LogP contribution < -0.4 is 15.4 Å². The molecule has 0 spiro atoms. The number of nitrogens with two attached hydrogens (primary N) is 1. The molecule has 0 unspecified atom stereocenters. The number of hydrogen-bond donors (Lipinski definition) is 1. The van der Waals surface area contributed by atoms with Crippen molar-refractivity contribution >= 4 is 23.1 Å². The largest absolute Gasteiger partial charge is 0.476 e. The average Bonchev–Trinajstić information content (AvgIpc) is 2.44. The number of nitrogens with zero attached hydrogens (tertiary/aromatic N) is 3. The van der Waals surface area contributed by atoms with Crippen molar-refractivity contribution in [3.8, 4) is 5.88 Å². The van der Waals surface area contributed by atoms with Crippen molar-refractivity contribution in [1.29, 1.82) is 0 Å². The summed E-state index contributed by atoms with van der Waals surface area (Å²) in [6, 6.07) is 7.67. The quantitative estimate of drug-likeness (QED) is 0.918. The standard InChI is InChI=1S/C14H17ClN4O/c1-3-20-14-12(16)13(17-9-18-14)19(2)8-10-4-6-11(15)7-5-10/h4-7,9H,3,8,16H2,1-2H3. The highest BCUT2D eigenvalue weighted by atomic mass is 35.5. The Balaban J connectivity index is 2.18. The van der Waals surface area contributed by atoms with E-state index in [9.17, 15) is 0 Å². The molecule has 0 aliphatic rings. The van der Waals surface area contributed by atoms with Crippen LogP contribution in [-0.4, -0.2) is 23.6 Å². The number of anilines is 2. The molecule has 2 rings (SSSR count). The third-order valence-electron chi connectivity index (χ3n) is 2.80. The number of halogens is 1. The third-order valence-corrected chi connectivity index (χ3v) is 3.05. The lowest BCUT2D eigenvalue weighted by molar-refractivity contribution is 0.328. The number of hydrogen-bond acceptors (Lipinski definition) is 5. The first kappa shape index (κ1) is 14.4. The maximum atomic E-state index is 6.04. The summed E-state index contributed by atoms with van der Waals surface area (Å²) in [5.41, 5.74) is 7.60. The molecule has 0 atom stereocenters. The molecule has 0 aliphatic carbocycles. The zero-order valence-corrected chi connectivity index (χ0v) is 12.3. The lowest BCUT2D eigenvalue weighted by Gasteiger charge is -2.20. The first-order valence-electron chi connectivity index (χ1n) is 6.30. The second kappa shape index (κ2) is 6.43. The second-order valence-corrected chi connectivity index (χ2v) is 4.77. The van der Waals surface area contributed by atoms with E-state index in [0.717, 1.165) is 10.6 Å². The summed E-state index contributed by atoms with van der Waals surface area (Å²) in [6.45, 7) is 3.07. The van der Waals surface area contributed by atoms with E-state index in [1.165, 1.54) is 6.33 Å². The summed E-state index contributed by atoms with van der Waals surface area (Å²) in [7, 11) is 1.92. The van der Waals surface area contributed by atoms with Gasteiger partial charge in [-0.2, -0.15) is 4.98 Å². The SMILES string of the molecule is CCOc1ncnc(N(C)Cc2ccc(Cl)cc2)c1N. The van der Waals surface area contributed by atoms with Crippen LogP contribution in [-0.2, 0) is 6.54 Å². The molecule has 1 aromatic carbocycles. The molecule has 0 amide bonds. The Labute approximate surface area is 123 Å². The van der Waals surface area contributed by atoms with Gasteiger partial charge in [0.2, 0.25) is 5.88 Å². The van der Waals surface area contributed by atoms with E-state index in [0.29, 0.717) is 30.5 Å². The number of ether oxygens (including phenoxy) is 1. The summed E-state index contributed by atoms with van der Waals surface area (Å²) >= 11 is 5.88. The van der Waals surface area contributed by atoms with Gasteiger partial charge in [-0.3, -0.25) is 0 Å². The summed E-state index contributed by atoms with van der Waals surface area (Å²) < 4.78 is 5.37. The Morgan fingerprint density at radius 2 is 1.95 bits per heavy atom. The fraction of sp³-hybridized carbons (Fsp3) is 0.286. The molecule has 0 radical (unpaired) electrons. The predicted molar refractivity (Wildman–Crippen MR) is 81.2 cm³/mol. The molecule has 6 heteroatoms. The van der Waals surface area contributed by atoms with Crippen molar-refractivity contribution in [1.82, 2.24) is 9.97 Å². The van der Waals surface area contributed by atoms with Crippen molar-refractivity contribution < 1.29 is 4.74 Å². The Hall–Kier alpha value is -2.01. The van der Waals surface area contributed by atoms with Crippen LogP contribution in [0.2, 0.25) is 5.02 Å². The molecule has 0 aliphatic heterocycles. The van der Waals surface area contributed by atoms with Gasteiger partial charge in [-0.05, 0) is 24.6 Å². The fourth-order valence-electron chi connectivity index (χ4n) is 1.87. The van der Waals surface area contributed by atoms with Crippen LogP contribution in [0.15, 0.2) is 30.6 Å². The Kier molecular flexibility index (Phi) is 4.63. The Morgan fingerprint density at radius 3 is 2.60 bits per heavy atom. The van der Waals surface area contributed by atoms with Crippen LogP contribution in [0.5, 0.6) is 5.88 Å². The van der Waals surface area contributed by atoms with Crippen molar-refractivity contribution in [3.05, 3.63) is 41.2 Å². The van der Waals surface area contributed by atoms with E-state index < -0.39 is 0 Å². The van der Waals surface area contributed by atoms with Gasteiger partial charge in [-0.1, -0.05) is 23.7 Å². The van der Waals surface area contributed by atoms with E-state index in [4.69, 9.17) is 22.1 Å². The van der Waals surface area contributed by atoms with Gasteiger partial charge in [0.15, 0.2) is 5.82 Å². The zero-order chi connectivity index (χ0) is 14.5. The molecule has 0 saturated carbocycles. The summed E-state index contributed by atoms with van der Waals surface area (Å²) in [5.74, 6) is 1.07. The van der Waals surface area contributed by atoms with Gasteiger partial charge in [0.05, 0.1) is 6.61 Å². The molecule has 20 heavy (non-hydrogen) atoms. The van der Waals surface area contributed by atoms with Crippen LogP contribution in [0.3, 0.4) is 0 Å². The van der Waals surface area contributed by atoms with Crippen LogP contribution in [0.25, 0.3) is 0 Å². The molecule has 5 nitrogen and oxygen atoms in total. The van der Waals surface area contributed by atoms with E-state index in [1.54, 1.807) is 0 Å². The van der Waals surface area contributed by atoms with Gasteiger partial charge in [-0.15, -0.1) is 0 Å². The molecule has 0 bridgehead atoms. The zero-order valence-electron chi connectivity index (χ0n) is 11.5. The first-order chi connectivity index (χ1) is 9.61. The minimum atomic E-state index is 0.417. The molecular weight excluding hydrogens is 276 g/mol. The minimum absolute atomic E-state index is 0.417. The summed E-state index contributed by atoms with van der Waals surface area (Å²) in [6.07, 6.45) is 1.45. The van der Waals surface area contributed by atoms with Crippen molar-refractivity contribution in [2.45, 2.75) is 13.5 Å². The molecule has 2 aromatic rings. The average molecular weight is 293 g/mol. The smallest absolute Gasteiger partial charge is 0.242 e. The van der Waals surface area contributed by atoms with Crippen molar-refractivity contribution in [3.63, 3.8) is 0 Å². The van der Waals surface area contributed by atoms with Crippen molar-refractivity contribution in [2.75, 3.05) is 24.3 Å². The third kappa shape index (κ3) is 3.30. The molecule has 1 heterocycles. The van der Waals surface area contributed by atoms with Gasteiger partial charge < -0.3 is 15.4 Å². The van der Waals surface area contributed by atoms with Gasteiger partial charge in [-0.25, -0.2) is 4.98 Å². The van der Waals surface area contributed by atoms with Gasteiger partial charge in [0.1, 0.15) is 12.0 Å². The highest BCUT2D eigenvalue weighted by Gasteiger charge is 2.13. The first-order valence-corrected chi connectivity index (χ1v) is 6.68. The topological polar surface area (TPSA) is 64.3 Å². The maximum Gasteiger partial charge on any atom is 0.242 e. The number of aromatic nitrogens is 2. The molecule has 106 valence electrons. The van der Waals surface area contributed by atoms with Crippen LogP contribution in [0.1, 0.15) is 12.5 Å². The molecule has 1 aromatic heterocycles. The Morgan fingerprint density at radius 1 is 1.25 bits per heavy atom. The lowest BCUT2D eigenvalue weighted by atomic mass is 10.2. The number of benzene rings is 1. The van der Waals surface area contributed by atoms with Gasteiger partial charge in [0, 0.05) is 18.6 Å². The number of nitrogen functional groups attached to an aromatic ring is 1. The molecular formula is C14H17ClN4O. The van der Waals surface area contributed by atoms with E-state index in [1.807, 2.05) is 43.1 Å². The predicted octanol–water partition coefficient (Wildman–Crippen LogP) is 2.75. The fourth-order valence-corrected chi connectivity index (χ4v) is 1.99. The Bertz CT molecular complexity index is 574. The lowest BCUT2D eigenvalue weighted by Crippen LogP contribution is -2.20. The highest BCUT2D eigenvalue weighted by molar-refractivity contribution is 6.30. The van der Waals surface area contributed by atoms with Crippen molar-refractivity contribution in [2.24, 2.45) is 0 Å². The van der Waals surface area contributed by atoms with E-state index >= 15 is 0 Å². The van der Waals surface area contributed by atoms with Gasteiger partial charge in [0.25, 0.3) is 0 Å². The van der Waals surface area contributed by atoms with Crippen LogP contribution >= 0.6 is 11.6 Å². The summed E-state index contributed by atoms with van der Waals surface area (Å²) in [5, 5.41) is 0.719. The molecule has 0 saturated heterocycles. The number of rotatable bonds is 5. The molecule has 0 fully saturated rings. The van der Waals surface area contributed by atoms with Gasteiger partial charge >= 0.3 is 0 Å². The maximum absolute atomic E-state index is 6.04. The van der Waals surface area contributed by atoms with E-state index in [-0.39, 0.29) is 0 Å². The summed E-state index contributed by atoms with van der Waals surface area (Å²) in [4.78, 5) is 10.2. The minimum Gasteiger partial charge on any atom is -0.476 e. The van der Waals surface area contributed by atoms with Crippen LogP contribution in [0, 0.1) is 0 Å². The monoisotopic (exact) mass is 292 g/mol. The van der Waals surface area contributed by atoms with E-state index in [2.05, 4.69) is 9.97 Å². The second-order valence-electron chi connectivity index (χ2n) is 4.33.